The van der Waals surface area contributed by atoms with Gasteiger partial charge in [-0.15, -0.1) is 0 Å². The molecule has 1 saturated carbocycles. The molecular formula is C25H20F2N2O4S. The quantitative estimate of drug-likeness (QED) is 0.357. The number of hydrogen-bond donors (Lipinski definition) is 1. The lowest BCUT2D eigenvalue weighted by Crippen LogP contribution is -2.13. The van der Waals surface area contributed by atoms with Gasteiger partial charge in [0.2, 0.25) is 0 Å². The Bertz CT molecular complexity index is 1480. The Balaban J connectivity index is 1.45. The van der Waals surface area contributed by atoms with Crippen LogP contribution in [0.15, 0.2) is 63.9 Å². The van der Waals surface area contributed by atoms with Gasteiger partial charge < -0.3 is 13.9 Å². The van der Waals surface area contributed by atoms with Gasteiger partial charge in [-0.1, -0.05) is 12.1 Å². The van der Waals surface area contributed by atoms with Crippen molar-refractivity contribution in [2.75, 3.05) is 4.72 Å². The Morgan fingerprint density at radius 3 is 2.76 bits per heavy atom. The summed E-state index contributed by atoms with van der Waals surface area (Å²) in [5.41, 5.74) is 1.05. The molecule has 6 nitrogen and oxygen atoms in total. The van der Waals surface area contributed by atoms with E-state index >= 15 is 4.39 Å². The topological polar surface area (TPSA) is 81.4 Å². The number of fused-ring (bicyclic) bond motifs is 1. The summed E-state index contributed by atoms with van der Waals surface area (Å²) < 4.78 is 54.8. The zero-order chi connectivity index (χ0) is 23.8. The van der Waals surface area contributed by atoms with Crippen molar-refractivity contribution in [3.8, 4) is 11.6 Å². The Morgan fingerprint density at radius 2 is 2.00 bits per heavy atom. The molecule has 0 aliphatic heterocycles. The van der Waals surface area contributed by atoms with Crippen molar-refractivity contribution < 1.29 is 22.1 Å². The van der Waals surface area contributed by atoms with E-state index in [4.69, 9.17) is 9.15 Å². The SMILES string of the molecule is Cc1c(Cc2cccc(NS(=O)C3CC3)c2F)c(=O)oc2cc(Oc3ncccc3F)ccc12. The third-order valence-corrected chi connectivity index (χ3v) is 7.18. The van der Waals surface area contributed by atoms with E-state index in [0.717, 1.165) is 12.8 Å². The number of nitrogens with zero attached hydrogens (tertiary/aromatic N) is 1. The van der Waals surface area contributed by atoms with E-state index < -0.39 is 28.2 Å². The normalized spacial score (nSPS) is 14.2. The van der Waals surface area contributed by atoms with E-state index in [0.29, 0.717) is 16.5 Å². The minimum absolute atomic E-state index is 0.0128. The molecule has 9 heteroatoms. The molecule has 174 valence electrons. The van der Waals surface area contributed by atoms with Gasteiger partial charge in [0.05, 0.1) is 10.9 Å². The van der Waals surface area contributed by atoms with Crippen LogP contribution in [-0.2, 0) is 17.4 Å². The average molecular weight is 483 g/mol. The predicted molar refractivity (Wildman–Crippen MR) is 125 cm³/mol. The molecule has 0 radical (unpaired) electrons. The highest BCUT2D eigenvalue weighted by Gasteiger charge is 2.29. The number of pyridine rings is 1. The number of aromatic nitrogens is 1. The van der Waals surface area contributed by atoms with Crippen LogP contribution in [0.3, 0.4) is 0 Å². The molecular weight excluding hydrogens is 462 g/mol. The Morgan fingerprint density at radius 1 is 1.18 bits per heavy atom. The Kier molecular flexibility index (Phi) is 5.87. The molecule has 2 aromatic carbocycles. The van der Waals surface area contributed by atoms with Crippen molar-refractivity contribution in [1.82, 2.24) is 4.98 Å². The highest BCUT2D eigenvalue weighted by atomic mass is 32.2. The second-order valence-corrected chi connectivity index (χ2v) is 9.56. The summed E-state index contributed by atoms with van der Waals surface area (Å²) in [5.74, 6) is -1.09. The first-order valence-electron chi connectivity index (χ1n) is 10.7. The van der Waals surface area contributed by atoms with E-state index in [2.05, 4.69) is 9.71 Å². The number of rotatable bonds is 7. The van der Waals surface area contributed by atoms with E-state index in [1.165, 1.54) is 30.5 Å². The van der Waals surface area contributed by atoms with Gasteiger partial charge in [0.25, 0.3) is 5.88 Å². The molecule has 1 unspecified atom stereocenters. The molecule has 1 aliphatic carbocycles. The van der Waals surface area contributed by atoms with Crippen molar-refractivity contribution in [2.24, 2.45) is 0 Å². The Hall–Kier alpha value is -3.59. The van der Waals surface area contributed by atoms with E-state index in [1.54, 1.807) is 31.2 Å². The summed E-state index contributed by atoms with van der Waals surface area (Å²) in [6.07, 6.45) is 3.14. The minimum atomic E-state index is -1.33. The number of halogens is 2. The van der Waals surface area contributed by atoms with Crippen LogP contribution in [0.25, 0.3) is 11.0 Å². The van der Waals surface area contributed by atoms with Crippen molar-refractivity contribution in [3.05, 3.63) is 93.5 Å². The fourth-order valence-electron chi connectivity index (χ4n) is 3.66. The van der Waals surface area contributed by atoms with Crippen LogP contribution < -0.4 is 15.1 Å². The molecule has 1 N–H and O–H groups in total. The molecule has 0 spiro atoms. The standard InChI is InChI=1S/C25H20F2N2O4S/c1-14-18-10-7-16(32-24-20(26)5-3-11-28-24)13-22(18)33-25(30)19(14)12-15-4-2-6-21(23(15)27)29-34(31)17-8-9-17/h2-7,10-11,13,17,29H,8-9,12H2,1H3. The van der Waals surface area contributed by atoms with Crippen LogP contribution in [0.4, 0.5) is 14.5 Å². The molecule has 2 aromatic heterocycles. The van der Waals surface area contributed by atoms with E-state index in [-0.39, 0.29) is 40.1 Å². The van der Waals surface area contributed by atoms with Gasteiger partial charge in [-0.25, -0.2) is 22.8 Å². The molecule has 2 heterocycles. The van der Waals surface area contributed by atoms with Gasteiger partial charge in [0.1, 0.15) is 22.3 Å². The molecule has 1 atom stereocenters. The summed E-state index contributed by atoms with van der Waals surface area (Å²) in [6.45, 7) is 1.76. The fraction of sp³-hybridized carbons (Fsp3) is 0.200. The van der Waals surface area contributed by atoms with E-state index in [1.807, 2.05) is 0 Å². The first-order chi connectivity index (χ1) is 16.4. The third kappa shape index (κ3) is 4.43. The highest BCUT2D eigenvalue weighted by molar-refractivity contribution is 7.87. The number of anilines is 1. The van der Waals surface area contributed by atoms with Crippen molar-refractivity contribution in [2.45, 2.75) is 31.4 Å². The smallest absolute Gasteiger partial charge is 0.340 e. The number of aryl methyl sites for hydroxylation is 1. The lowest BCUT2D eigenvalue weighted by molar-refractivity contribution is 0.422. The van der Waals surface area contributed by atoms with Crippen molar-refractivity contribution in [3.63, 3.8) is 0 Å². The molecule has 0 amide bonds. The third-order valence-electron chi connectivity index (χ3n) is 5.68. The van der Waals surface area contributed by atoms with Crippen LogP contribution in [0.1, 0.15) is 29.5 Å². The maximum Gasteiger partial charge on any atom is 0.340 e. The summed E-state index contributed by atoms with van der Waals surface area (Å²) in [6, 6.07) is 12.2. The highest BCUT2D eigenvalue weighted by Crippen LogP contribution is 2.31. The van der Waals surface area contributed by atoms with Crippen LogP contribution in [0, 0.1) is 18.6 Å². The molecule has 1 fully saturated rings. The second-order valence-electron chi connectivity index (χ2n) is 8.10. The van der Waals surface area contributed by atoms with Gasteiger partial charge in [-0.05, 0) is 61.2 Å². The lowest BCUT2D eigenvalue weighted by Gasteiger charge is -2.12. The second kappa shape index (κ2) is 8.98. The lowest BCUT2D eigenvalue weighted by atomic mass is 9.99. The van der Waals surface area contributed by atoms with Gasteiger partial charge in [0, 0.05) is 29.6 Å². The van der Waals surface area contributed by atoms with Crippen LogP contribution in [0.2, 0.25) is 0 Å². The maximum absolute atomic E-state index is 15.1. The van der Waals surface area contributed by atoms with Gasteiger partial charge in [-0.2, -0.15) is 0 Å². The first kappa shape index (κ1) is 22.2. The first-order valence-corrected chi connectivity index (χ1v) is 11.9. The molecule has 0 bridgehead atoms. The van der Waals surface area contributed by atoms with Gasteiger partial charge in [-0.3, -0.25) is 0 Å². The summed E-state index contributed by atoms with van der Waals surface area (Å²) in [4.78, 5) is 16.6. The van der Waals surface area contributed by atoms with Crippen molar-refractivity contribution >= 4 is 27.6 Å². The Labute approximate surface area is 196 Å². The average Bonchev–Trinajstić information content (AvgIpc) is 3.66. The van der Waals surface area contributed by atoms with Gasteiger partial charge in [0.15, 0.2) is 11.6 Å². The molecule has 34 heavy (non-hydrogen) atoms. The summed E-state index contributed by atoms with van der Waals surface area (Å²) >= 11 is 0. The molecule has 5 rings (SSSR count). The van der Waals surface area contributed by atoms with Crippen LogP contribution in [0.5, 0.6) is 11.6 Å². The van der Waals surface area contributed by atoms with E-state index in [9.17, 15) is 13.4 Å². The predicted octanol–water partition coefficient (Wildman–Crippen LogP) is 5.40. The number of benzene rings is 2. The monoisotopic (exact) mass is 482 g/mol. The number of nitrogens with one attached hydrogen (secondary N) is 1. The summed E-state index contributed by atoms with van der Waals surface area (Å²) in [5, 5.41) is 0.703. The van der Waals surface area contributed by atoms with Crippen LogP contribution >= 0.6 is 0 Å². The number of hydrogen-bond acceptors (Lipinski definition) is 5. The maximum atomic E-state index is 15.1. The largest absolute Gasteiger partial charge is 0.436 e. The summed E-state index contributed by atoms with van der Waals surface area (Å²) in [7, 11) is -1.33. The zero-order valence-electron chi connectivity index (χ0n) is 18.1. The molecule has 1 aliphatic rings. The molecule has 0 saturated heterocycles. The van der Waals surface area contributed by atoms with Gasteiger partial charge >= 0.3 is 5.63 Å². The molecule has 4 aromatic rings. The minimum Gasteiger partial charge on any atom is -0.436 e. The van der Waals surface area contributed by atoms with Crippen LogP contribution in [-0.4, -0.2) is 14.4 Å². The van der Waals surface area contributed by atoms with Crippen molar-refractivity contribution in [1.29, 1.82) is 0 Å². The fourth-order valence-corrected chi connectivity index (χ4v) is 4.76. The zero-order valence-corrected chi connectivity index (χ0v) is 19.0. The number of ether oxygens (including phenoxy) is 1.